The van der Waals surface area contributed by atoms with Gasteiger partial charge >= 0.3 is 0 Å². The van der Waals surface area contributed by atoms with Crippen LogP contribution in [0, 0.1) is 18.3 Å². The van der Waals surface area contributed by atoms with Crippen LogP contribution in [0.25, 0.3) is 0 Å². The number of aliphatic hydroxyl groups excluding tert-OH is 1. The Morgan fingerprint density at radius 3 is 2.22 bits per heavy atom. The Hall–Kier alpha value is -3.14. The molecule has 0 aliphatic rings. The molecule has 0 atom stereocenters. The van der Waals surface area contributed by atoms with Crippen molar-refractivity contribution in [3.8, 4) is 0 Å². The average Bonchev–Trinajstić information content (AvgIpc) is 2.69. The fourth-order valence-corrected chi connectivity index (χ4v) is 2.14. The molecule has 4 nitrogen and oxygen atoms in total. The molecule has 4 heteroatoms. The third-order valence-electron chi connectivity index (χ3n) is 4.01. The maximum absolute atomic E-state index is 10.7. The Kier molecular flexibility index (Phi) is 19.2. The molecule has 1 aromatic rings. The number of hydrogen-bond donors (Lipinski definition) is 3. The number of nitrogens with two attached hydrogens (primary N) is 1. The standard InChI is InChI=1S/C12H16O.C8H12N2.C8H14O/c1-10-6-8-12(9-7-10)5-3-4-11(2)13;1-3-4-5-6-7(2)8(9)10;1-7(2)5-4-6-8(3)9/h6-9H,3-5H2,1-2H3;3-6H,1H2,2H3,(H3,9,10);4-5,7,9H,3,6H2,1-2H3/b;5-4-,7-6+;5-4-. The van der Waals surface area contributed by atoms with Crippen LogP contribution in [0.5, 0.6) is 0 Å². The lowest BCUT2D eigenvalue weighted by molar-refractivity contribution is -0.117. The van der Waals surface area contributed by atoms with E-state index in [1.807, 2.05) is 12.2 Å². The predicted octanol–water partition coefficient (Wildman–Crippen LogP) is 7.18. The number of allylic oxidation sites excluding steroid dienone is 6. The highest BCUT2D eigenvalue weighted by molar-refractivity contribution is 5.93. The van der Waals surface area contributed by atoms with Gasteiger partial charge in [-0.3, -0.25) is 5.41 Å². The SMILES string of the molecule is C=C(O)C/C=C\C(C)C.C=C/C=C\C=C(/C)C(=N)N.CC(=O)CCCc1ccc(C)cc1. The molecule has 0 unspecified atom stereocenters. The smallest absolute Gasteiger partial charge is 0.129 e. The summed E-state index contributed by atoms with van der Waals surface area (Å²) < 4.78 is 0. The summed E-state index contributed by atoms with van der Waals surface area (Å²) in [6.07, 6.45) is 14.3. The van der Waals surface area contributed by atoms with E-state index in [1.165, 1.54) is 11.1 Å². The van der Waals surface area contributed by atoms with Crippen molar-refractivity contribution in [2.24, 2.45) is 11.7 Å². The van der Waals surface area contributed by atoms with Crippen molar-refractivity contribution in [3.63, 3.8) is 0 Å². The molecule has 0 fully saturated rings. The summed E-state index contributed by atoms with van der Waals surface area (Å²) >= 11 is 0. The highest BCUT2D eigenvalue weighted by atomic mass is 16.3. The number of ketones is 1. The zero-order chi connectivity index (χ0) is 24.9. The Bertz CT molecular complexity index is 782. The largest absolute Gasteiger partial charge is 0.513 e. The van der Waals surface area contributed by atoms with Crippen LogP contribution in [0.2, 0.25) is 0 Å². The first kappa shape index (κ1) is 31.0. The zero-order valence-corrected chi connectivity index (χ0v) is 20.5. The van der Waals surface area contributed by atoms with Crippen molar-refractivity contribution < 1.29 is 9.90 Å². The van der Waals surface area contributed by atoms with Gasteiger partial charge < -0.3 is 15.6 Å². The first-order valence-corrected chi connectivity index (χ1v) is 10.9. The van der Waals surface area contributed by atoms with E-state index in [1.54, 1.807) is 38.2 Å². The average molecular weight is 439 g/mol. The molecular weight excluding hydrogens is 396 g/mol. The number of rotatable bonds is 10. The third kappa shape index (κ3) is 23.1. The number of Topliss-reactive ketones (excluding diaryl/α,β-unsaturated/α-hetero) is 1. The normalized spacial score (nSPS) is 10.9. The number of aryl methyl sites for hydroxylation is 2. The third-order valence-corrected chi connectivity index (χ3v) is 4.01. The summed E-state index contributed by atoms with van der Waals surface area (Å²) in [6, 6.07) is 8.50. The van der Waals surface area contributed by atoms with Gasteiger partial charge in [0.1, 0.15) is 11.6 Å². The van der Waals surface area contributed by atoms with Crippen molar-refractivity contribution in [2.45, 2.75) is 60.3 Å². The molecule has 4 N–H and O–H groups in total. The maximum Gasteiger partial charge on any atom is 0.129 e. The number of nitrogens with one attached hydrogen (secondary N) is 1. The summed E-state index contributed by atoms with van der Waals surface area (Å²) in [5, 5.41) is 15.6. The Morgan fingerprint density at radius 1 is 1.19 bits per heavy atom. The van der Waals surface area contributed by atoms with Crippen LogP contribution in [0.3, 0.4) is 0 Å². The van der Waals surface area contributed by atoms with E-state index in [-0.39, 0.29) is 17.4 Å². The minimum absolute atomic E-state index is 0.105. The van der Waals surface area contributed by atoms with Crippen LogP contribution in [0.1, 0.15) is 58.1 Å². The molecule has 1 aromatic carbocycles. The van der Waals surface area contributed by atoms with E-state index < -0.39 is 0 Å². The fourth-order valence-electron chi connectivity index (χ4n) is 2.14. The summed E-state index contributed by atoms with van der Waals surface area (Å²) in [4.78, 5) is 10.7. The van der Waals surface area contributed by atoms with Gasteiger partial charge in [-0.2, -0.15) is 0 Å². The second kappa shape index (κ2) is 19.8. The molecule has 0 heterocycles. The van der Waals surface area contributed by atoms with Gasteiger partial charge in [0.15, 0.2) is 0 Å². The number of carbonyl (C=O) groups excluding carboxylic acids is 1. The summed E-state index contributed by atoms with van der Waals surface area (Å²) in [7, 11) is 0. The number of hydrogen-bond acceptors (Lipinski definition) is 3. The lowest BCUT2D eigenvalue weighted by Gasteiger charge is -2.00. The van der Waals surface area contributed by atoms with Crippen LogP contribution in [-0.2, 0) is 11.2 Å². The Labute approximate surface area is 195 Å². The summed E-state index contributed by atoms with van der Waals surface area (Å²) in [5.41, 5.74) is 8.55. The fraction of sp³-hybridized carbons (Fsp3) is 0.357. The minimum atomic E-state index is 0.105. The van der Waals surface area contributed by atoms with Gasteiger partial charge in [0.25, 0.3) is 0 Å². The molecule has 0 saturated heterocycles. The highest BCUT2D eigenvalue weighted by Gasteiger charge is 1.95. The Morgan fingerprint density at radius 2 is 1.78 bits per heavy atom. The first-order valence-electron chi connectivity index (χ1n) is 10.9. The molecule has 176 valence electrons. The minimum Gasteiger partial charge on any atom is -0.513 e. The number of amidine groups is 1. The molecule has 0 bridgehead atoms. The second-order valence-corrected chi connectivity index (χ2v) is 7.87. The van der Waals surface area contributed by atoms with Gasteiger partial charge in [-0.15, -0.1) is 0 Å². The molecule has 1 rings (SSSR count). The topological polar surface area (TPSA) is 87.2 Å². The molecule has 0 aliphatic heterocycles. The molecule has 32 heavy (non-hydrogen) atoms. The monoisotopic (exact) mass is 438 g/mol. The predicted molar refractivity (Wildman–Crippen MR) is 140 cm³/mol. The van der Waals surface area contributed by atoms with Crippen LogP contribution >= 0.6 is 0 Å². The van der Waals surface area contributed by atoms with Crippen LogP contribution < -0.4 is 5.73 Å². The lowest BCUT2D eigenvalue weighted by Crippen LogP contribution is -2.09. The molecule has 0 saturated carbocycles. The van der Waals surface area contributed by atoms with Crippen LogP contribution in [0.4, 0.5) is 0 Å². The number of aliphatic hydroxyl groups is 1. The van der Waals surface area contributed by atoms with E-state index in [2.05, 4.69) is 58.2 Å². The van der Waals surface area contributed by atoms with Gasteiger partial charge in [0, 0.05) is 12.8 Å². The highest BCUT2D eigenvalue weighted by Crippen LogP contribution is 2.07. The quantitative estimate of drug-likeness (QED) is 0.119. The summed E-state index contributed by atoms with van der Waals surface area (Å²) in [6.45, 7) is 16.6. The van der Waals surface area contributed by atoms with Crippen molar-refractivity contribution in [1.82, 2.24) is 0 Å². The molecule has 0 aliphatic carbocycles. The van der Waals surface area contributed by atoms with Crippen LogP contribution in [-0.4, -0.2) is 16.7 Å². The van der Waals surface area contributed by atoms with Crippen LogP contribution in [0.15, 0.2) is 85.2 Å². The summed E-state index contributed by atoms with van der Waals surface area (Å²) in [5.74, 6) is 1.18. The van der Waals surface area contributed by atoms with Gasteiger partial charge in [-0.25, -0.2) is 0 Å². The number of benzene rings is 1. The van der Waals surface area contributed by atoms with Gasteiger partial charge in [-0.05, 0) is 50.7 Å². The molecule has 0 aromatic heterocycles. The van der Waals surface area contributed by atoms with Crippen molar-refractivity contribution in [1.29, 1.82) is 5.41 Å². The molecule has 0 amide bonds. The zero-order valence-electron chi connectivity index (χ0n) is 20.5. The van der Waals surface area contributed by atoms with E-state index >= 15 is 0 Å². The lowest BCUT2D eigenvalue weighted by atomic mass is 10.1. The van der Waals surface area contributed by atoms with Gasteiger partial charge in [-0.1, -0.05) is 93.3 Å². The van der Waals surface area contributed by atoms with E-state index in [0.717, 1.165) is 18.4 Å². The maximum atomic E-state index is 10.7. The molecule has 0 radical (unpaired) electrons. The van der Waals surface area contributed by atoms with Crippen molar-refractivity contribution in [3.05, 3.63) is 96.3 Å². The Balaban J connectivity index is 0. The van der Waals surface area contributed by atoms with E-state index in [9.17, 15) is 4.79 Å². The first-order chi connectivity index (χ1) is 15.0. The van der Waals surface area contributed by atoms with E-state index in [4.69, 9.17) is 16.2 Å². The van der Waals surface area contributed by atoms with Gasteiger partial charge in [0.2, 0.25) is 0 Å². The van der Waals surface area contributed by atoms with Crippen molar-refractivity contribution >= 4 is 11.6 Å². The second-order valence-electron chi connectivity index (χ2n) is 7.87. The van der Waals surface area contributed by atoms with E-state index in [0.29, 0.717) is 18.8 Å². The molecular formula is C28H42N2O2. The number of carbonyl (C=O) groups is 1. The van der Waals surface area contributed by atoms with Crippen molar-refractivity contribution in [2.75, 3.05) is 0 Å². The molecule has 0 spiro atoms. The van der Waals surface area contributed by atoms with Gasteiger partial charge in [0.05, 0.1) is 5.76 Å².